The molecule has 0 aliphatic carbocycles. The molecular formula is C21H17N3OS. The van der Waals surface area contributed by atoms with Gasteiger partial charge >= 0.3 is 0 Å². The van der Waals surface area contributed by atoms with Gasteiger partial charge in [0, 0.05) is 11.9 Å². The van der Waals surface area contributed by atoms with Crippen molar-refractivity contribution >= 4 is 22.7 Å². The Morgan fingerprint density at radius 3 is 2.46 bits per heavy atom. The number of fused-ring (bicyclic) bond motifs is 1. The number of aromatic nitrogens is 3. The smallest absolute Gasteiger partial charge is 0.262 e. The first-order chi connectivity index (χ1) is 12.8. The molecule has 0 saturated heterocycles. The van der Waals surface area contributed by atoms with Gasteiger partial charge in [0.05, 0.1) is 23.1 Å². The number of hydrogen-bond donors (Lipinski definition) is 0. The third kappa shape index (κ3) is 3.53. The molecule has 2 heterocycles. The Morgan fingerprint density at radius 2 is 1.65 bits per heavy atom. The molecule has 4 aromatic rings. The summed E-state index contributed by atoms with van der Waals surface area (Å²) in [5, 5.41) is 1.36. The Labute approximate surface area is 155 Å². The van der Waals surface area contributed by atoms with Crippen molar-refractivity contribution in [2.24, 2.45) is 0 Å². The standard InChI is InChI=1S/C21H17N3OS/c25-20-18-11-4-5-12-19(18)23-21(26-15-17-10-6-7-13-22-17)24(20)14-16-8-2-1-3-9-16/h1-13H,14-15H2. The molecule has 0 N–H and O–H groups in total. The maximum atomic E-state index is 13.1. The Hall–Kier alpha value is -2.92. The van der Waals surface area contributed by atoms with E-state index in [2.05, 4.69) is 4.98 Å². The van der Waals surface area contributed by atoms with E-state index in [0.29, 0.717) is 22.8 Å². The van der Waals surface area contributed by atoms with Crippen LogP contribution in [0.3, 0.4) is 0 Å². The highest BCUT2D eigenvalue weighted by molar-refractivity contribution is 7.98. The van der Waals surface area contributed by atoms with Crippen LogP contribution in [0.2, 0.25) is 0 Å². The molecule has 26 heavy (non-hydrogen) atoms. The number of nitrogens with zero attached hydrogens (tertiary/aromatic N) is 3. The first kappa shape index (κ1) is 16.5. The largest absolute Gasteiger partial charge is 0.283 e. The number of rotatable bonds is 5. The lowest BCUT2D eigenvalue weighted by molar-refractivity contribution is 0.658. The summed E-state index contributed by atoms with van der Waals surface area (Å²) in [4.78, 5) is 22.2. The molecule has 0 aliphatic rings. The van der Waals surface area contributed by atoms with Crippen LogP contribution in [0.25, 0.3) is 10.9 Å². The van der Waals surface area contributed by atoms with Crippen molar-refractivity contribution in [3.8, 4) is 0 Å². The highest BCUT2D eigenvalue weighted by Gasteiger charge is 2.12. The van der Waals surface area contributed by atoms with Crippen molar-refractivity contribution in [2.75, 3.05) is 0 Å². The molecule has 4 rings (SSSR count). The second-order valence-corrected chi connectivity index (χ2v) is 6.84. The van der Waals surface area contributed by atoms with Gasteiger partial charge in [-0.15, -0.1) is 0 Å². The third-order valence-corrected chi connectivity index (χ3v) is 5.10. The molecule has 0 saturated carbocycles. The van der Waals surface area contributed by atoms with Crippen LogP contribution in [0.4, 0.5) is 0 Å². The summed E-state index contributed by atoms with van der Waals surface area (Å²) in [6, 6.07) is 23.3. The maximum Gasteiger partial charge on any atom is 0.262 e. The minimum Gasteiger partial charge on any atom is -0.283 e. The van der Waals surface area contributed by atoms with Gasteiger partial charge in [0.1, 0.15) is 0 Å². The van der Waals surface area contributed by atoms with Crippen LogP contribution in [0, 0.1) is 0 Å². The molecule has 4 nitrogen and oxygen atoms in total. The fourth-order valence-corrected chi connectivity index (χ4v) is 3.70. The SMILES string of the molecule is O=c1c2ccccc2nc(SCc2ccccn2)n1Cc1ccccc1. The minimum atomic E-state index is -0.0111. The summed E-state index contributed by atoms with van der Waals surface area (Å²) in [5.41, 5.74) is 2.76. The van der Waals surface area contributed by atoms with E-state index in [0.717, 1.165) is 16.8 Å². The fourth-order valence-electron chi connectivity index (χ4n) is 2.79. The van der Waals surface area contributed by atoms with Gasteiger partial charge in [0.25, 0.3) is 5.56 Å². The Bertz CT molecular complexity index is 1080. The average molecular weight is 359 g/mol. The van der Waals surface area contributed by atoms with E-state index in [1.165, 1.54) is 11.8 Å². The van der Waals surface area contributed by atoms with E-state index in [1.54, 1.807) is 10.8 Å². The number of benzene rings is 2. The van der Waals surface area contributed by atoms with Crippen molar-refractivity contribution in [2.45, 2.75) is 17.5 Å². The van der Waals surface area contributed by atoms with Gasteiger partial charge in [0.15, 0.2) is 5.16 Å². The van der Waals surface area contributed by atoms with Crippen molar-refractivity contribution < 1.29 is 0 Å². The monoisotopic (exact) mass is 359 g/mol. The van der Waals surface area contributed by atoms with Crippen molar-refractivity contribution in [3.05, 3.63) is 101 Å². The van der Waals surface area contributed by atoms with E-state index in [1.807, 2.05) is 72.8 Å². The summed E-state index contributed by atoms with van der Waals surface area (Å²) in [5.74, 6) is 0.667. The second-order valence-electron chi connectivity index (χ2n) is 5.90. The molecule has 0 spiro atoms. The Kier molecular flexibility index (Phi) is 4.80. The molecule has 128 valence electrons. The molecule has 5 heteroatoms. The summed E-state index contributed by atoms with van der Waals surface area (Å²) >= 11 is 1.54. The highest BCUT2D eigenvalue weighted by Crippen LogP contribution is 2.22. The van der Waals surface area contributed by atoms with E-state index < -0.39 is 0 Å². The van der Waals surface area contributed by atoms with Crippen LogP contribution in [-0.2, 0) is 12.3 Å². The summed E-state index contributed by atoms with van der Waals surface area (Å²) in [6.45, 7) is 0.502. The lowest BCUT2D eigenvalue weighted by atomic mass is 10.2. The second kappa shape index (κ2) is 7.54. The number of pyridine rings is 1. The first-order valence-corrected chi connectivity index (χ1v) is 9.36. The van der Waals surface area contributed by atoms with Crippen LogP contribution in [0.15, 0.2) is 88.9 Å². The van der Waals surface area contributed by atoms with Crippen LogP contribution in [0.1, 0.15) is 11.3 Å². The molecule has 0 radical (unpaired) electrons. The lowest BCUT2D eigenvalue weighted by Gasteiger charge is -2.13. The number of thioether (sulfide) groups is 1. The topological polar surface area (TPSA) is 47.8 Å². The van der Waals surface area contributed by atoms with Crippen LogP contribution in [0.5, 0.6) is 0 Å². The van der Waals surface area contributed by atoms with Gasteiger partial charge in [-0.3, -0.25) is 14.3 Å². The highest BCUT2D eigenvalue weighted by atomic mass is 32.2. The normalized spacial score (nSPS) is 10.9. The Balaban J connectivity index is 1.76. The maximum absolute atomic E-state index is 13.1. The predicted octanol–water partition coefficient (Wildman–Crippen LogP) is 4.13. The van der Waals surface area contributed by atoms with Gasteiger partial charge < -0.3 is 0 Å². The van der Waals surface area contributed by atoms with E-state index in [4.69, 9.17) is 4.98 Å². The molecule has 0 aliphatic heterocycles. The van der Waals surface area contributed by atoms with Crippen molar-refractivity contribution in [3.63, 3.8) is 0 Å². The van der Waals surface area contributed by atoms with Gasteiger partial charge in [-0.25, -0.2) is 4.98 Å². The first-order valence-electron chi connectivity index (χ1n) is 8.37. The van der Waals surface area contributed by atoms with Crippen LogP contribution >= 0.6 is 11.8 Å². The van der Waals surface area contributed by atoms with Gasteiger partial charge in [-0.05, 0) is 29.8 Å². The molecule has 2 aromatic carbocycles. The van der Waals surface area contributed by atoms with E-state index in [-0.39, 0.29) is 5.56 Å². The third-order valence-electron chi connectivity index (χ3n) is 4.09. The van der Waals surface area contributed by atoms with Crippen LogP contribution in [-0.4, -0.2) is 14.5 Å². The average Bonchev–Trinajstić information content (AvgIpc) is 2.70. The minimum absolute atomic E-state index is 0.0111. The molecule has 2 aromatic heterocycles. The number of hydrogen-bond acceptors (Lipinski definition) is 4. The molecule has 0 fully saturated rings. The van der Waals surface area contributed by atoms with E-state index >= 15 is 0 Å². The zero-order valence-electron chi connectivity index (χ0n) is 14.1. The number of para-hydroxylation sites is 1. The van der Waals surface area contributed by atoms with Crippen molar-refractivity contribution in [1.29, 1.82) is 0 Å². The van der Waals surface area contributed by atoms with Crippen LogP contribution < -0.4 is 5.56 Å². The summed E-state index contributed by atoms with van der Waals surface area (Å²) in [7, 11) is 0. The van der Waals surface area contributed by atoms with Gasteiger partial charge in [-0.1, -0.05) is 60.3 Å². The molecule has 0 atom stereocenters. The lowest BCUT2D eigenvalue weighted by Crippen LogP contribution is -2.24. The molecule has 0 bridgehead atoms. The van der Waals surface area contributed by atoms with Gasteiger partial charge in [-0.2, -0.15) is 0 Å². The molecule has 0 unspecified atom stereocenters. The Morgan fingerprint density at radius 1 is 0.885 bits per heavy atom. The van der Waals surface area contributed by atoms with Gasteiger partial charge in [0.2, 0.25) is 0 Å². The predicted molar refractivity (Wildman–Crippen MR) is 105 cm³/mol. The molecular weight excluding hydrogens is 342 g/mol. The summed E-state index contributed by atoms with van der Waals surface area (Å²) in [6.07, 6.45) is 1.78. The summed E-state index contributed by atoms with van der Waals surface area (Å²) < 4.78 is 1.76. The zero-order valence-corrected chi connectivity index (χ0v) is 14.9. The fraction of sp³-hybridized carbons (Fsp3) is 0.0952. The van der Waals surface area contributed by atoms with E-state index in [9.17, 15) is 4.79 Å². The molecule has 0 amide bonds. The quantitative estimate of drug-likeness (QED) is 0.397. The van der Waals surface area contributed by atoms with Crippen molar-refractivity contribution in [1.82, 2.24) is 14.5 Å². The zero-order chi connectivity index (χ0) is 17.8.